The molecule has 1 rings (SSSR count). The lowest BCUT2D eigenvalue weighted by Crippen LogP contribution is -2.48. The molecule has 0 aliphatic rings. The fraction of sp³-hybridized carbons (Fsp3) is 0.389. The van der Waals surface area contributed by atoms with Crippen LogP contribution in [-0.2, 0) is 23.9 Å². The molecule has 0 aliphatic heterocycles. The number of anilines is 1. The minimum Gasteiger partial charge on any atom is -0.463 e. The molecule has 0 spiro atoms. The van der Waals surface area contributed by atoms with Crippen molar-refractivity contribution in [2.45, 2.75) is 26.2 Å². The van der Waals surface area contributed by atoms with Gasteiger partial charge in [0.05, 0.1) is 13.0 Å². The topological polar surface area (TPSA) is 135 Å². The molecule has 3 amide bonds. The predicted octanol–water partition coefficient (Wildman–Crippen LogP) is 0.640. The number of benzene rings is 1. The molecule has 1 aromatic carbocycles. The van der Waals surface area contributed by atoms with Crippen LogP contribution in [0, 0.1) is 0 Å². The second-order valence-electron chi connectivity index (χ2n) is 5.65. The summed E-state index contributed by atoms with van der Waals surface area (Å²) in [5.74, 6) is -1.65. The molecule has 0 bridgehead atoms. The van der Waals surface area contributed by atoms with Gasteiger partial charge in [0.15, 0.2) is 5.11 Å². The molecule has 0 atom stereocenters. The monoisotopic (exact) mass is 424 g/mol. The number of carbonyl (C=O) groups excluding carboxylic acids is 4. The van der Waals surface area contributed by atoms with Crippen molar-refractivity contribution in [1.29, 1.82) is 0 Å². The Morgan fingerprint density at radius 1 is 0.966 bits per heavy atom. The van der Waals surface area contributed by atoms with Gasteiger partial charge in [0.1, 0.15) is 6.61 Å². The van der Waals surface area contributed by atoms with Crippen molar-refractivity contribution in [1.82, 2.24) is 16.2 Å². The fourth-order valence-electron chi connectivity index (χ4n) is 1.89. The Hall–Kier alpha value is -3.05. The Morgan fingerprint density at radius 2 is 1.66 bits per heavy atom. The average Bonchev–Trinajstić information content (AvgIpc) is 2.71. The van der Waals surface area contributed by atoms with E-state index in [-0.39, 0.29) is 37.1 Å². The number of hydrazine groups is 1. The minimum atomic E-state index is -0.525. The summed E-state index contributed by atoms with van der Waals surface area (Å²) >= 11 is 4.91. The molecule has 1 aromatic rings. The Balaban J connectivity index is 2.32. The van der Waals surface area contributed by atoms with Gasteiger partial charge in [-0.05, 0) is 36.5 Å². The van der Waals surface area contributed by atoms with Crippen molar-refractivity contribution in [2.24, 2.45) is 0 Å². The number of nitrogens with one attached hydrogen (secondary N) is 4. The lowest BCUT2D eigenvalue weighted by Gasteiger charge is -2.11. The first kappa shape index (κ1) is 24.0. The zero-order valence-electron chi connectivity index (χ0n) is 16.2. The van der Waals surface area contributed by atoms with Crippen LogP contribution in [0.1, 0.15) is 36.5 Å². The highest BCUT2D eigenvalue weighted by Crippen LogP contribution is 2.09. The quantitative estimate of drug-likeness (QED) is 0.196. The van der Waals surface area contributed by atoms with E-state index in [4.69, 9.17) is 21.7 Å². The van der Waals surface area contributed by atoms with Crippen molar-refractivity contribution in [3.05, 3.63) is 29.8 Å². The maximum Gasteiger partial charge on any atom is 0.306 e. The van der Waals surface area contributed by atoms with Crippen LogP contribution in [0.25, 0.3) is 0 Å². The lowest BCUT2D eigenvalue weighted by atomic mass is 10.2. The van der Waals surface area contributed by atoms with E-state index in [9.17, 15) is 19.2 Å². The van der Waals surface area contributed by atoms with Gasteiger partial charge in [0.2, 0.25) is 11.8 Å². The van der Waals surface area contributed by atoms with Gasteiger partial charge in [0.25, 0.3) is 5.91 Å². The van der Waals surface area contributed by atoms with Gasteiger partial charge in [-0.15, -0.1) is 0 Å². The van der Waals surface area contributed by atoms with Gasteiger partial charge < -0.3 is 20.1 Å². The van der Waals surface area contributed by atoms with Crippen LogP contribution in [0.15, 0.2) is 24.3 Å². The number of hydrogen-bond donors (Lipinski definition) is 4. The molecule has 0 saturated carbocycles. The van der Waals surface area contributed by atoms with Crippen LogP contribution in [0.2, 0.25) is 0 Å². The highest BCUT2D eigenvalue weighted by molar-refractivity contribution is 7.80. The molecule has 10 nitrogen and oxygen atoms in total. The number of ether oxygens (including phenoxy) is 2. The van der Waals surface area contributed by atoms with Crippen molar-refractivity contribution in [3.63, 3.8) is 0 Å². The van der Waals surface area contributed by atoms with E-state index in [1.54, 1.807) is 19.1 Å². The number of thiocarbonyl (C=S) groups is 1. The van der Waals surface area contributed by atoms with Crippen molar-refractivity contribution in [2.75, 3.05) is 25.6 Å². The van der Waals surface area contributed by atoms with E-state index >= 15 is 0 Å². The zero-order valence-corrected chi connectivity index (χ0v) is 17.0. The largest absolute Gasteiger partial charge is 0.463 e. The third kappa shape index (κ3) is 10.2. The molecule has 158 valence electrons. The number of carbonyl (C=O) groups is 4. The van der Waals surface area contributed by atoms with Crippen LogP contribution in [0.4, 0.5) is 5.69 Å². The Labute approximate surface area is 173 Å². The highest BCUT2D eigenvalue weighted by Gasteiger charge is 2.11. The zero-order chi connectivity index (χ0) is 21.6. The molecule has 0 aromatic heterocycles. The average molecular weight is 424 g/mol. The van der Waals surface area contributed by atoms with Crippen LogP contribution in [-0.4, -0.2) is 49.1 Å². The number of amides is 3. The third-order valence-electron chi connectivity index (χ3n) is 3.40. The molecule has 0 saturated heterocycles. The molecule has 0 heterocycles. The molecule has 0 aliphatic carbocycles. The highest BCUT2D eigenvalue weighted by atomic mass is 32.1. The van der Waals surface area contributed by atoms with Gasteiger partial charge in [-0.25, -0.2) is 0 Å². The number of hydrogen-bond acceptors (Lipinski definition) is 7. The van der Waals surface area contributed by atoms with Crippen LogP contribution in [0.5, 0.6) is 0 Å². The predicted molar refractivity (Wildman–Crippen MR) is 109 cm³/mol. The molecular formula is C18H24N4O6S. The van der Waals surface area contributed by atoms with E-state index < -0.39 is 17.8 Å². The Bertz CT molecular complexity index is 738. The Kier molecular flexibility index (Phi) is 10.9. The van der Waals surface area contributed by atoms with Crippen molar-refractivity contribution in [3.8, 4) is 0 Å². The molecule has 0 radical (unpaired) electrons. The summed E-state index contributed by atoms with van der Waals surface area (Å²) in [7, 11) is 1.48. The summed E-state index contributed by atoms with van der Waals surface area (Å²) in [4.78, 5) is 46.5. The summed E-state index contributed by atoms with van der Waals surface area (Å²) < 4.78 is 9.57. The van der Waals surface area contributed by atoms with Gasteiger partial charge >= 0.3 is 5.97 Å². The summed E-state index contributed by atoms with van der Waals surface area (Å²) in [6.07, 6.45) is 0.127. The number of esters is 1. The van der Waals surface area contributed by atoms with E-state index in [2.05, 4.69) is 21.5 Å². The first-order valence-corrected chi connectivity index (χ1v) is 9.21. The first-order chi connectivity index (χ1) is 13.8. The summed E-state index contributed by atoms with van der Waals surface area (Å²) in [5, 5.41) is 4.88. The van der Waals surface area contributed by atoms with Gasteiger partial charge in [-0.2, -0.15) is 0 Å². The summed E-state index contributed by atoms with van der Waals surface area (Å²) in [6.45, 7) is 2.13. The smallest absolute Gasteiger partial charge is 0.306 e. The number of methoxy groups -OCH3 is 1. The van der Waals surface area contributed by atoms with E-state index in [0.717, 1.165) is 0 Å². The summed E-state index contributed by atoms with van der Waals surface area (Å²) in [6, 6.07) is 6.24. The summed E-state index contributed by atoms with van der Waals surface area (Å²) in [5.41, 5.74) is 5.63. The second kappa shape index (κ2) is 13.2. The Morgan fingerprint density at radius 3 is 2.28 bits per heavy atom. The first-order valence-electron chi connectivity index (χ1n) is 8.80. The van der Waals surface area contributed by atoms with Gasteiger partial charge in [-0.1, -0.05) is 6.92 Å². The fourth-order valence-corrected chi connectivity index (χ4v) is 2.05. The molecular weight excluding hydrogens is 400 g/mol. The maximum atomic E-state index is 12.1. The molecule has 11 heteroatoms. The number of rotatable bonds is 9. The molecule has 4 N–H and O–H groups in total. The van der Waals surface area contributed by atoms with Gasteiger partial charge in [0, 0.05) is 31.2 Å². The van der Waals surface area contributed by atoms with Crippen LogP contribution < -0.4 is 21.5 Å². The normalized spacial score (nSPS) is 9.86. The second-order valence-corrected chi connectivity index (χ2v) is 6.06. The van der Waals surface area contributed by atoms with Crippen LogP contribution >= 0.6 is 12.2 Å². The standard InChI is InChI=1S/C18H24N4O6S/c1-3-14(23)19-13-6-4-12(5-7-13)17(26)21-22-18(29)20-15(24)8-9-16(25)28-11-10-27-2/h4-7H,3,8-11H2,1-2H3,(H,19,23)(H,21,26)(H2,20,22,24,29). The minimum absolute atomic E-state index is 0.106. The van der Waals surface area contributed by atoms with Gasteiger partial charge in [-0.3, -0.25) is 30.0 Å². The third-order valence-corrected chi connectivity index (χ3v) is 3.61. The van der Waals surface area contributed by atoms with E-state index in [1.807, 2.05) is 0 Å². The maximum absolute atomic E-state index is 12.1. The molecule has 0 unspecified atom stereocenters. The van der Waals surface area contributed by atoms with E-state index in [0.29, 0.717) is 17.7 Å². The lowest BCUT2D eigenvalue weighted by molar-refractivity contribution is -0.146. The SMILES string of the molecule is CCC(=O)Nc1ccc(C(=O)NNC(=S)NC(=O)CCC(=O)OCCOC)cc1. The van der Waals surface area contributed by atoms with Crippen molar-refractivity contribution < 1.29 is 28.7 Å². The van der Waals surface area contributed by atoms with Crippen molar-refractivity contribution >= 4 is 46.7 Å². The van der Waals surface area contributed by atoms with E-state index in [1.165, 1.54) is 19.2 Å². The van der Waals surface area contributed by atoms with Crippen LogP contribution in [0.3, 0.4) is 0 Å². The molecule has 29 heavy (non-hydrogen) atoms. The molecule has 0 fully saturated rings.